The first-order valence-corrected chi connectivity index (χ1v) is 8.37. The second kappa shape index (κ2) is 9.25. The van der Waals surface area contributed by atoms with Crippen molar-refractivity contribution in [2.24, 2.45) is 0 Å². The number of hydrogen-bond donors (Lipinski definition) is 2. The Kier molecular flexibility index (Phi) is 7.03. The first-order chi connectivity index (χ1) is 12.0. The minimum atomic E-state index is -0.320. The summed E-state index contributed by atoms with van der Waals surface area (Å²) in [5.74, 6) is 0.219. The Labute approximate surface area is 153 Å². The van der Waals surface area contributed by atoms with E-state index in [1.54, 1.807) is 30.5 Å². The zero-order valence-electron chi connectivity index (χ0n) is 14.7. The molecule has 0 saturated carbocycles. The quantitative estimate of drug-likeness (QED) is 0.705. The monoisotopic (exact) mass is 362 g/mol. The third-order valence-corrected chi connectivity index (χ3v) is 3.75. The van der Waals surface area contributed by atoms with Crippen LogP contribution in [0.25, 0.3) is 0 Å². The lowest BCUT2D eigenvalue weighted by Gasteiger charge is -2.11. The molecule has 0 fully saturated rings. The van der Waals surface area contributed by atoms with Crippen LogP contribution in [0, 0.1) is 0 Å². The summed E-state index contributed by atoms with van der Waals surface area (Å²) in [5, 5.41) is 6.56. The maximum absolute atomic E-state index is 12.3. The molecule has 6 nitrogen and oxygen atoms in total. The van der Waals surface area contributed by atoms with Crippen molar-refractivity contribution in [1.29, 1.82) is 0 Å². The van der Waals surface area contributed by atoms with Crippen molar-refractivity contribution in [2.45, 2.75) is 6.42 Å². The Morgan fingerprint density at radius 3 is 2.72 bits per heavy atom. The number of carbonyl (C=O) groups is 1. The average Bonchev–Trinajstić information content (AvgIpc) is 2.59. The van der Waals surface area contributed by atoms with E-state index in [0.717, 1.165) is 25.2 Å². The zero-order valence-corrected chi connectivity index (χ0v) is 15.4. The van der Waals surface area contributed by atoms with Crippen molar-refractivity contribution in [2.75, 3.05) is 44.9 Å². The van der Waals surface area contributed by atoms with E-state index in [9.17, 15) is 4.79 Å². The Morgan fingerprint density at radius 1 is 1.28 bits per heavy atom. The predicted molar refractivity (Wildman–Crippen MR) is 102 cm³/mol. The molecule has 1 heterocycles. The van der Waals surface area contributed by atoms with Crippen molar-refractivity contribution in [3.05, 3.63) is 47.2 Å². The summed E-state index contributed by atoms with van der Waals surface area (Å²) in [7, 11) is 5.63. The fourth-order valence-corrected chi connectivity index (χ4v) is 2.40. The summed E-state index contributed by atoms with van der Waals surface area (Å²) >= 11 is 5.97. The van der Waals surface area contributed by atoms with E-state index in [-0.39, 0.29) is 5.91 Å². The van der Waals surface area contributed by atoms with Crippen molar-refractivity contribution in [1.82, 2.24) is 9.88 Å². The maximum Gasteiger partial charge on any atom is 0.274 e. The van der Waals surface area contributed by atoms with Gasteiger partial charge in [0.15, 0.2) is 0 Å². The lowest BCUT2D eigenvalue weighted by Crippen LogP contribution is -2.17. The van der Waals surface area contributed by atoms with Crippen LogP contribution in [0.2, 0.25) is 5.02 Å². The van der Waals surface area contributed by atoms with Crippen LogP contribution in [0.3, 0.4) is 0 Å². The average molecular weight is 363 g/mol. The fourth-order valence-electron chi connectivity index (χ4n) is 2.22. The van der Waals surface area contributed by atoms with Gasteiger partial charge in [-0.3, -0.25) is 4.79 Å². The summed E-state index contributed by atoms with van der Waals surface area (Å²) in [5.41, 5.74) is 1.71. The second-order valence-corrected chi connectivity index (χ2v) is 6.25. The predicted octanol–water partition coefficient (Wildman–Crippen LogP) is 3.36. The molecule has 0 spiro atoms. The molecule has 1 aromatic heterocycles. The highest BCUT2D eigenvalue weighted by Crippen LogP contribution is 2.28. The summed E-state index contributed by atoms with van der Waals surface area (Å²) in [6.45, 7) is 1.87. The van der Waals surface area contributed by atoms with Crippen LogP contribution < -0.4 is 15.4 Å². The number of amides is 1. The van der Waals surface area contributed by atoms with Crippen LogP contribution in [0.15, 0.2) is 36.5 Å². The van der Waals surface area contributed by atoms with E-state index < -0.39 is 0 Å². The molecule has 0 unspecified atom stereocenters. The molecule has 0 aliphatic carbocycles. The maximum atomic E-state index is 12.3. The molecule has 0 radical (unpaired) electrons. The molecule has 1 aromatic carbocycles. The SMILES string of the molecule is COc1ccc(Cl)cc1NC(=O)c1ccc(NCCCN(C)C)cn1. The number of hydrogen-bond acceptors (Lipinski definition) is 5. The molecular formula is C18H23ClN4O2. The fraction of sp³-hybridized carbons (Fsp3) is 0.333. The Hall–Kier alpha value is -2.31. The summed E-state index contributed by atoms with van der Waals surface area (Å²) in [6.07, 6.45) is 2.68. The highest BCUT2D eigenvalue weighted by atomic mass is 35.5. The van der Waals surface area contributed by atoms with Gasteiger partial charge in [0.1, 0.15) is 11.4 Å². The van der Waals surface area contributed by atoms with Gasteiger partial charge in [0.05, 0.1) is 24.7 Å². The third-order valence-electron chi connectivity index (χ3n) is 3.52. The highest BCUT2D eigenvalue weighted by molar-refractivity contribution is 6.31. The van der Waals surface area contributed by atoms with Gasteiger partial charge >= 0.3 is 0 Å². The van der Waals surface area contributed by atoms with Gasteiger partial charge in [-0.2, -0.15) is 0 Å². The molecule has 25 heavy (non-hydrogen) atoms. The largest absolute Gasteiger partial charge is 0.495 e. The molecule has 7 heteroatoms. The van der Waals surface area contributed by atoms with Crippen molar-refractivity contribution in [3.8, 4) is 5.75 Å². The van der Waals surface area contributed by atoms with Gasteiger partial charge in [-0.15, -0.1) is 0 Å². The van der Waals surface area contributed by atoms with Gasteiger partial charge in [-0.1, -0.05) is 11.6 Å². The smallest absolute Gasteiger partial charge is 0.274 e. The molecule has 2 rings (SSSR count). The van der Waals surface area contributed by atoms with Gasteiger partial charge in [-0.05, 0) is 57.4 Å². The zero-order chi connectivity index (χ0) is 18.2. The van der Waals surface area contributed by atoms with Crippen LogP contribution in [0.4, 0.5) is 11.4 Å². The van der Waals surface area contributed by atoms with Crippen molar-refractivity contribution < 1.29 is 9.53 Å². The number of nitrogens with one attached hydrogen (secondary N) is 2. The van der Waals surface area contributed by atoms with Gasteiger partial charge in [0.2, 0.25) is 0 Å². The minimum absolute atomic E-state index is 0.320. The van der Waals surface area contributed by atoms with Gasteiger partial charge in [0, 0.05) is 11.6 Å². The topological polar surface area (TPSA) is 66.5 Å². The van der Waals surface area contributed by atoms with Gasteiger partial charge < -0.3 is 20.3 Å². The normalized spacial score (nSPS) is 10.6. The number of aromatic nitrogens is 1. The highest BCUT2D eigenvalue weighted by Gasteiger charge is 2.11. The van der Waals surface area contributed by atoms with Crippen LogP contribution in [0.1, 0.15) is 16.9 Å². The lowest BCUT2D eigenvalue weighted by atomic mass is 10.2. The van der Waals surface area contributed by atoms with Crippen LogP contribution >= 0.6 is 11.6 Å². The summed E-state index contributed by atoms with van der Waals surface area (Å²) in [6, 6.07) is 8.56. The van der Waals surface area contributed by atoms with Crippen LogP contribution in [0.5, 0.6) is 5.75 Å². The molecule has 2 aromatic rings. The van der Waals surface area contributed by atoms with Crippen LogP contribution in [-0.2, 0) is 0 Å². The molecule has 0 aliphatic rings. The summed E-state index contributed by atoms with van der Waals surface area (Å²) < 4.78 is 5.22. The van der Waals surface area contributed by atoms with E-state index in [2.05, 4.69) is 20.5 Å². The molecular weight excluding hydrogens is 340 g/mol. The molecule has 0 atom stereocenters. The third kappa shape index (κ3) is 5.92. The number of nitrogens with zero attached hydrogens (tertiary/aromatic N) is 2. The van der Waals surface area contributed by atoms with Gasteiger partial charge in [-0.25, -0.2) is 4.98 Å². The summed E-state index contributed by atoms with van der Waals surface area (Å²) in [4.78, 5) is 18.7. The van der Waals surface area contributed by atoms with E-state index in [1.165, 1.54) is 7.11 Å². The number of pyridine rings is 1. The van der Waals surface area contributed by atoms with Crippen molar-refractivity contribution >= 4 is 28.9 Å². The van der Waals surface area contributed by atoms with E-state index in [1.807, 2.05) is 20.2 Å². The standard InChI is InChI=1S/C18H23ClN4O2/c1-23(2)10-4-9-20-14-6-7-15(21-12-14)18(24)22-16-11-13(19)5-8-17(16)25-3/h5-8,11-12,20H,4,9-10H2,1-3H3,(H,22,24). The minimum Gasteiger partial charge on any atom is -0.495 e. The van der Waals surface area contributed by atoms with E-state index >= 15 is 0 Å². The number of benzene rings is 1. The van der Waals surface area contributed by atoms with E-state index in [4.69, 9.17) is 16.3 Å². The Balaban J connectivity index is 1.95. The number of rotatable bonds is 8. The molecule has 0 bridgehead atoms. The molecule has 1 amide bonds. The number of anilines is 2. The number of methoxy groups -OCH3 is 1. The Bertz CT molecular complexity index is 705. The molecule has 0 aliphatic heterocycles. The molecule has 0 saturated heterocycles. The molecule has 134 valence electrons. The van der Waals surface area contributed by atoms with Crippen LogP contribution in [-0.4, -0.2) is 50.1 Å². The number of halogens is 1. The first-order valence-electron chi connectivity index (χ1n) is 7.99. The number of ether oxygens (including phenoxy) is 1. The first kappa shape index (κ1) is 19.0. The number of carbonyl (C=O) groups excluding carboxylic acids is 1. The Morgan fingerprint density at radius 2 is 2.08 bits per heavy atom. The second-order valence-electron chi connectivity index (χ2n) is 5.81. The van der Waals surface area contributed by atoms with Gasteiger partial charge in [0.25, 0.3) is 5.91 Å². The van der Waals surface area contributed by atoms with Crippen molar-refractivity contribution in [3.63, 3.8) is 0 Å². The van der Waals surface area contributed by atoms with E-state index in [0.29, 0.717) is 22.2 Å². The lowest BCUT2D eigenvalue weighted by molar-refractivity contribution is 0.102. The molecule has 2 N–H and O–H groups in total.